The third-order valence-electron chi connectivity index (χ3n) is 1.32. The number of rotatable bonds is 3. The molecule has 0 aliphatic carbocycles. The van der Waals surface area contributed by atoms with E-state index in [0.29, 0.717) is 0 Å². The summed E-state index contributed by atoms with van der Waals surface area (Å²) in [7, 11) is 0. The smallest absolute Gasteiger partial charge is 0.363 e. The number of nitrogens with zero attached hydrogens (tertiary/aromatic N) is 1. The first-order valence-corrected chi connectivity index (χ1v) is 3.83. The maximum Gasteiger partial charge on any atom is 0.363 e. The highest BCUT2D eigenvalue weighted by atomic mass is 16.6. The number of esters is 2. The van der Waals surface area contributed by atoms with Gasteiger partial charge in [0, 0.05) is 6.20 Å². The second-order valence-electron chi connectivity index (χ2n) is 2.61. The zero-order valence-corrected chi connectivity index (χ0v) is 7.44. The lowest BCUT2D eigenvalue weighted by atomic mass is 10.3. The molecule has 0 bridgehead atoms. The summed E-state index contributed by atoms with van der Waals surface area (Å²) in [5, 5.41) is 5.84. The van der Waals surface area contributed by atoms with Crippen molar-refractivity contribution in [1.29, 1.82) is 0 Å². The van der Waals surface area contributed by atoms with Crippen molar-refractivity contribution in [2.24, 2.45) is 0 Å². The summed E-state index contributed by atoms with van der Waals surface area (Å²) >= 11 is 0. The largest absolute Gasteiger partial charge is 0.388 e. The van der Waals surface area contributed by atoms with Gasteiger partial charge < -0.3 is 4.74 Å². The average molecular weight is 196 g/mol. The summed E-state index contributed by atoms with van der Waals surface area (Å²) in [5.41, 5.74) is 0.0712. The molecule has 1 rings (SSSR count). The normalized spacial score (nSPS) is 9.50. The van der Waals surface area contributed by atoms with Gasteiger partial charge in [0.2, 0.25) is 0 Å². The van der Waals surface area contributed by atoms with E-state index in [0.717, 1.165) is 0 Å². The van der Waals surface area contributed by atoms with Gasteiger partial charge >= 0.3 is 11.9 Å². The van der Waals surface area contributed by atoms with Gasteiger partial charge in [0.05, 0.1) is 0 Å². The van der Waals surface area contributed by atoms with Crippen LogP contribution in [0.3, 0.4) is 0 Å². The van der Waals surface area contributed by atoms with Crippen LogP contribution in [0.25, 0.3) is 0 Å². The number of Topliss-reactive ketones (excluding diaryl/α,β-unsaturated/α-hetero) is 1. The van der Waals surface area contributed by atoms with Crippen molar-refractivity contribution >= 4 is 17.7 Å². The van der Waals surface area contributed by atoms with Gasteiger partial charge in [-0.1, -0.05) is 0 Å². The third kappa shape index (κ3) is 2.81. The Morgan fingerprint density at radius 1 is 1.50 bits per heavy atom. The highest BCUT2D eigenvalue weighted by Crippen LogP contribution is 1.97. The van der Waals surface area contributed by atoms with Gasteiger partial charge in [-0.25, -0.2) is 4.79 Å². The molecule has 1 heterocycles. The summed E-state index contributed by atoms with van der Waals surface area (Å²) in [4.78, 5) is 32.4. The highest BCUT2D eigenvalue weighted by molar-refractivity contribution is 6.01. The molecular weight excluding hydrogens is 188 g/mol. The van der Waals surface area contributed by atoms with Crippen molar-refractivity contribution in [3.05, 3.63) is 18.0 Å². The monoisotopic (exact) mass is 196 g/mol. The minimum atomic E-state index is -0.864. The molecule has 0 aromatic carbocycles. The summed E-state index contributed by atoms with van der Waals surface area (Å²) < 4.78 is 4.34. The van der Waals surface area contributed by atoms with Crippen LogP contribution in [-0.2, 0) is 14.3 Å². The van der Waals surface area contributed by atoms with E-state index in [1.165, 1.54) is 19.2 Å². The quantitative estimate of drug-likeness (QED) is 0.545. The van der Waals surface area contributed by atoms with Crippen molar-refractivity contribution in [1.82, 2.24) is 10.2 Å². The molecular formula is C8H8N2O4. The first kappa shape index (κ1) is 10.1. The maximum atomic E-state index is 11.1. The molecule has 1 N–H and O–H groups in total. The number of carbonyl (C=O) groups excluding carboxylic acids is 3. The Kier molecular flexibility index (Phi) is 3.11. The summed E-state index contributed by atoms with van der Waals surface area (Å²) in [5.74, 6) is -2.06. The Hall–Kier alpha value is -1.98. The number of nitrogens with one attached hydrogen (secondary N) is 1. The topological polar surface area (TPSA) is 89.1 Å². The highest BCUT2D eigenvalue weighted by Gasteiger charge is 2.14. The minimum Gasteiger partial charge on any atom is -0.388 e. The molecule has 6 nitrogen and oxygen atoms in total. The van der Waals surface area contributed by atoms with Crippen molar-refractivity contribution in [3.8, 4) is 0 Å². The Bertz CT molecular complexity index is 355. The molecule has 74 valence electrons. The van der Waals surface area contributed by atoms with Crippen LogP contribution in [-0.4, -0.2) is 27.9 Å². The molecule has 0 fully saturated rings. The van der Waals surface area contributed by atoms with Crippen molar-refractivity contribution in [2.75, 3.05) is 0 Å². The molecule has 6 heteroatoms. The van der Waals surface area contributed by atoms with E-state index < -0.39 is 18.4 Å². The number of aromatic nitrogens is 2. The average Bonchev–Trinajstić information content (AvgIpc) is 2.53. The number of hydrogen-bond donors (Lipinski definition) is 1. The SMILES string of the molecule is CC(=O)CC(=O)OC(=O)c1ccn[nH]1. The van der Waals surface area contributed by atoms with E-state index in [1.54, 1.807) is 0 Å². The molecule has 0 spiro atoms. The number of aromatic amines is 1. The fourth-order valence-electron chi connectivity index (χ4n) is 0.767. The van der Waals surface area contributed by atoms with E-state index >= 15 is 0 Å². The number of ketones is 1. The fraction of sp³-hybridized carbons (Fsp3) is 0.250. The molecule has 0 aliphatic heterocycles. The van der Waals surface area contributed by atoms with Crippen molar-refractivity contribution in [2.45, 2.75) is 13.3 Å². The number of hydrogen-bond acceptors (Lipinski definition) is 5. The summed E-state index contributed by atoms with van der Waals surface area (Å²) in [6, 6.07) is 1.36. The second kappa shape index (κ2) is 4.31. The zero-order valence-electron chi connectivity index (χ0n) is 7.44. The molecule has 0 saturated carbocycles. The molecule has 0 saturated heterocycles. The molecule has 0 amide bonds. The van der Waals surface area contributed by atoms with Crippen molar-refractivity contribution in [3.63, 3.8) is 0 Å². The molecule has 0 aliphatic rings. The molecule has 0 unspecified atom stereocenters. The van der Waals surface area contributed by atoms with E-state index in [-0.39, 0.29) is 11.5 Å². The van der Waals surface area contributed by atoms with Crippen molar-refractivity contribution < 1.29 is 19.1 Å². The lowest BCUT2D eigenvalue weighted by Crippen LogP contribution is -2.15. The van der Waals surface area contributed by atoms with Gasteiger partial charge in [0.15, 0.2) is 0 Å². The predicted octanol–water partition coefficient (Wildman–Crippen LogP) is 0.0722. The van der Waals surface area contributed by atoms with Gasteiger partial charge in [-0.3, -0.25) is 14.7 Å². The second-order valence-corrected chi connectivity index (χ2v) is 2.61. The van der Waals surface area contributed by atoms with Crippen LogP contribution in [0.5, 0.6) is 0 Å². The van der Waals surface area contributed by atoms with E-state index in [1.807, 2.05) is 0 Å². The summed E-state index contributed by atoms with van der Waals surface area (Å²) in [6.45, 7) is 1.24. The van der Waals surface area contributed by atoms with E-state index in [9.17, 15) is 14.4 Å². The molecule has 0 atom stereocenters. The Morgan fingerprint density at radius 2 is 2.21 bits per heavy atom. The van der Waals surface area contributed by atoms with Crippen LogP contribution in [0.4, 0.5) is 0 Å². The number of H-pyrrole nitrogens is 1. The van der Waals surface area contributed by atoms with Gasteiger partial charge in [-0.05, 0) is 13.0 Å². The third-order valence-corrected chi connectivity index (χ3v) is 1.32. The predicted molar refractivity (Wildman–Crippen MR) is 44.3 cm³/mol. The van der Waals surface area contributed by atoms with Crippen LogP contribution in [0.1, 0.15) is 23.8 Å². The van der Waals surface area contributed by atoms with Crippen LogP contribution >= 0.6 is 0 Å². The van der Waals surface area contributed by atoms with Crippen LogP contribution in [0, 0.1) is 0 Å². The standard InChI is InChI=1S/C8H8N2O4/c1-5(11)4-7(12)14-8(13)6-2-3-9-10-6/h2-3H,4H2,1H3,(H,9,10). The van der Waals surface area contributed by atoms with Gasteiger partial charge in [0.1, 0.15) is 17.9 Å². The molecule has 0 radical (unpaired) electrons. The zero-order chi connectivity index (χ0) is 10.6. The lowest BCUT2D eigenvalue weighted by Gasteiger charge is -1.98. The molecule has 1 aromatic heterocycles. The van der Waals surface area contributed by atoms with E-state index in [2.05, 4.69) is 14.9 Å². The Morgan fingerprint density at radius 3 is 2.71 bits per heavy atom. The number of ether oxygens (including phenoxy) is 1. The fourth-order valence-corrected chi connectivity index (χ4v) is 0.767. The molecule has 1 aromatic rings. The first-order chi connectivity index (χ1) is 6.59. The Balaban J connectivity index is 2.50. The van der Waals surface area contributed by atoms with E-state index in [4.69, 9.17) is 0 Å². The van der Waals surface area contributed by atoms with Crippen LogP contribution < -0.4 is 0 Å². The molecule has 14 heavy (non-hydrogen) atoms. The Labute approximate surface area is 79.3 Å². The number of carbonyl (C=O) groups is 3. The van der Waals surface area contributed by atoms with Gasteiger partial charge in [-0.2, -0.15) is 5.10 Å². The summed E-state index contributed by atoms with van der Waals surface area (Å²) in [6.07, 6.45) is 0.950. The maximum absolute atomic E-state index is 11.1. The van der Waals surface area contributed by atoms with Crippen LogP contribution in [0.15, 0.2) is 12.3 Å². The van der Waals surface area contributed by atoms with Crippen LogP contribution in [0.2, 0.25) is 0 Å². The minimum absolute atomic E-state index is 0.0712. The first-order valence-electron chi connectivity index (χ1n) is 3.83. The van der Waals surface area contributed by atoms with Gasteiger partial charge in [0.25, 0.3) is 0 Å². The van der Waals surface area contributed by atoms with Gasteiger partial charge in [-0.15, -0.1) is 0 Å². The lowest BCUT2D eigenvalue weighted by molar-refractivity contribution is -0.140.